The molecule has 0 saturated heterocycles. The van der Waals surface area contributed by atoms with Crippen molar-refractivity contribution in [1.82, 2.24) is 4.98 Å². The van der Waals surface area contributed by atoms with E-state index in [4.69, 9.17) is 21.1 Å². The van der Waals surface area contributed by atoms with Crippen molar-refractivity contribution in [3.05, 3.63) is 58.7 Å². The minimum atomic E-state index is 0.279. The summed E-state index contributed by atoms with van der Waals surface area (Å²) in [7, 11) is 3.42. The van der Waals surface area contributed by atoms with Crippen molar-refractivity contribution in [2.24, 2.45) is 0 Å². The van der Waals surface area contributed by atoms with Gasteiger partial charge in [0.25, 0.3) is 0 Å². The molecule has 0 aliphatic heterocycles. The number of aromatic nitrogens is 1. The van der Waals surface area contributed by atoms with Crippen LogP contribution in [0.3, 0.4) is 0 Å². The molecule has 0 radical (unpaired) electrons. The first-order valence-corrected chi connectivity index (χ1v) is 8.61. The molecular formula is C20H19ClN2O2. The van der Waals surface area contributed by atoms with Crippen LogP contribution < -0.4 is 14.8 Å². The summed E-state index contributed by atoms with van der Waals surface area (Å²) < 4.78 is 11.1. The van der Waals surface area contributed by atoms with E-state index in [9.17, 15) is 0 Å². The second-order valence-corrected chi connectivity index (χ2v) is 6.63. The number of methoxy groups -OCH3 is 2. The minimum absolute atomic E-state index is 0.279. The average molecular weight is 355 g/mol. The molecule has 25 heavy (non-hydrogen) atoms. The Kier molecular flexibility index (Phi) is 4.14. The quantitative estimate of drug-likeness (QED) is 0.750. The van der Waals surface area contributed by atoms with Crippen LogP contribution in [0.25, 0.3) is 10.9 Å². The lowest BCUT2D eigenvalue weighted by Crippen LogP contribution is -2.19. The van der Waals surface area contributed by atoms with Crippen LogP contribution in [0.4, 0.5) is 5.69 Å². The Morgan fingerprint density at radius 3 is 2.32 bits per heavy atom. The molecule has 5 heteroatoms. The van der Waals surface area contributed by atoms with Crippen LogP contribution in [-0.4, -0.2) is 25.2 Å². The van der Waals surface area contributed by atoms with Crippen molar-refractivity contribution < 1.29 is 9.47 Å². The fourth-order valence-corrected chi connectivity index (χ4v) is 3.78. The van der Waals surface area contributed by atoms with E-state index in [-0.39, 0.29) is 6.04 Å². The normalized spacial score (nSPS) is 13.7. The number of pyridine rings is 1. The lowest BCUT2D eigenvalue weighted by Gasteiger charge is -2.15. The Morgan fingerprint density at radius 2 is 1.68 bits per heavy atom. The Bertz CT molecular complexity index is 909. The molecule has 3 aromatic rings. The largest absolute Gasteiger partial charge is 0.496 e. The number of halogens is 1. The molecule has 0 saturated carbocycles. The van der Waals surface area contributed by atoms with E-state index >= 15 is 0 Å². The number of nitrogens with one attached hydrogen (secondary N) is 1. The van der Waals surface area contributed by atoms with Gasteiger partial charge in [-0.3, -0.25) is 4.98 Å². The van der Waals surface area contributed by atoms with Crippen molar-refractivity contribution in [2.45, 2.75) is 18.9 Å². The fraction of sp³-hybridized carbons (Fsp3) is 0.250. The number of anilines is 1. The van der Waals surface area contributed by atoms with Crippen LogP contribution in [0, 0.1) is 0 Å². The van der Waals surface area contributed by atoms with Crippen molar-refractivity contribution in [2.75, 3.05) is 19.5 Å². The van der Waals surface area contributed by atoms with E-state index in [0.717, 1.165) is 40.9 Å². The van der Waals surface area contributed by atoms with Gasteiger partial charge in [0, 0.05) is 39.5 Å². The highest BCUT2D eigenvalue weighted by atomic mass is 35.5. The lowest BCUT2D eigenvalue weighted by molar-refractivity contribution is 0.398. The van der Waals surface area contributed by atoms with Gasteiger partial charge >= 0.3 is 0 Å². The number of ether oxygens (including phenoxy) is 2. The second kappa shape index (κ2) is 6.45. The van der Waals surface area contributed by atoms with Gasteiger partial charge in [-0.2, -0.15) is 0 Å². The number of rotatable bonds is 4. The van der Waals surface area contributed by atoms with E-state index in [1.54, 1.807) is 14.2 Å². The highest BCUT2D eigenvalue weighted by Gasteiger charge is 2.28. The molecule has 0 unspecified atom stereocenters. The lowest BCUT2D eigenvalue weighted by atomic mass is 10.1. The van der Waals surface area contributed by atoms with Gasteiger partial charge in [0.1, 0.15) is 11.5 Å². The molecule has 1 heterocycles. The van der Waals surface area contributed by atoms with Gasteiger partial charge in [0.2, 0.25) is 0 Å². The monoisotopic (exact) mass is 354 g/mol. The molecule has 0 atom stereocenters. The smallest absolute Gasteiger partial charge is 0.122 e. The van der Waals surface area contributed by atoms with Gasteiger partial charge in [-0.1, -0.05) is 11.6 Å². The maximum absolute atomic E-state index is 6.08. The first-order chi connectivity index (χ1) is 12.2. The van der Waals surface area contributed by atoms with Crippen LogP contribution in [0.5, 0.6) is 11.5 Å². The number of hydrogen-bond acceptors (Lipinski definition) is 4. The molecule has 1 aromatic heterocycles. The molecule has 128 valence electrons. The summed E-state index contributed by atoms with van der Waals surface area (Å²) in [6.45, 7) is 0. The summed E-state index contributed by atoms with van der Waals surface area (Å²) in [6.07, 6.45) is 3.60. The number of fused-ring (bicyclic) bond motifs is 2. The Balaban J connectivity index is 1.65. The third kappa shape index (κ3) is 2.87. The number of benzene rings is 2. The van der Waals surface area contributed by atoms with Gasteiger partial charge in [0.05, 0.1) is 19.7 Å². The number of nitrogens with zero attached hydrogens (tertiary/aromatic N) is 1. The second-order valence-electron chi connectivity index (χ2n) is 6.20. The maximum Gasteiger partial charge on any atom is 0.122 e. The SMILES string of the molecule is COc1ccc(OC)c2c1CC(Nc1ccnc3cc(Cl)ccc13)C2. The van der Waals surface area contributed by atoms with Crippen LogP contribution in [0.1, 0.15) is 11.1 Å². The van der Waals surface area contributed by atoms with E-state index < -0.39 is 0 Å². The first kappa shape index (κ1) is 16.0. The van der Waals surface area contributed by atoms with E-state index in [1.165, 1.54) is 11.1 Å². The molecule has 1 aliphatic rings. The van der Waals surface area contributed by atoms with Crippen LogP contribution in [0.2, 0.25) is 5.02 Å². The van der Waals surface area contributed by atoms with Crippen LogP contribution >= 0.6 is 11.6 Å². The van der Waals surface area contributed by atoms with Crippen LogP contribution in [0.15, 0.2) is 42.6 Å². The van der Waals surface area contributed by atoms with E-state index in [2.05, 4.69) is 10.3 Å². The molecule has 0 spiro atoms. The molecular weight excluding hydrogens is 336 g/mol. The maximum atomic E-state index is 6.08. The third-order valence-electron chi connectivity index (χ3n) is 4.75. The predicted octanol–water partition coefficient (Wildman–Crippen LogP) is 4.48. The minimum Gasteiger partial charge on any atom is -0.496 e. The Hall–Kier alpha value is -2.46. The predicted molar refractivity (Wildman–Crippen MR) is 101 cm³/mol. The molecule has 0 amide bonds. The summed E-state index contributed by atoms with van der Waals surface area (Å²) in [5.74, 6) is 1.85. The highest BCUT2D eigenvalue weighted by Crippen LogP contribution is 2.38. The zero-order chi connectivity index (χ0) is 17.4. The zero-order valence-electron chi connectivity index (χ0n) is 14.2. The Morgan fingerprint density at radius 1 is 1.00 bits per heavy atom. The van der Waals surface area contributed by atoms with Gasteiger partial charge in [-0.15, -0.1) is 0 Å². The van der Waals surface area contributed by atoms with Gasteiger partial charge < -0.3 is 14.8 Å². The molecule has 0 bridgehead atoms. The first-order valence-electron chi connectivity index (χ1n) is 8.23. The molecule has 1 aliphatic carbocycles. The molecule has 4 nitrogen and oxygen atoms in total. The summed E-state index contributed by atoms with van der Waals surface area (Å²) in [4.78, 5) is 4.41. The van der Waals surface area contributed by atoms with Crippen molar-refractivity contribution >= 4 is 28.2 Å². The van der Waals surface area contributed by atoms with Crippen molar-refractivity contribution in [3.63, 3.8) is 0 Å². The Labute approximate surface area is 151 Å². The van der Waals surface area contributed by atoms with Gasteiger partial charge in [-0.25, -0.2) is 0 Å². The third-order valence-corrected chi connectivity index (χ3v) is 4.99. The molecule has 2 aromatic carbocycles. The zero-order valence-corrected chi connectivity index (χ0v) is 14.9. The van der Waals surface area contributed by atoms with E-state index in [0.29, 0.717) is 5.02 Å². The standard InChI is InChI=1S/C20H19ClN2O2/c1-24-19-5-6-20(25-2)16-11-13(10-15(16)19)23-17-7-8-22-18-9-12(21)3-4-14(17)18/h3-9,13H,10-11H2,1-2H3,(H,22,23). The van der Waals surface area contributed by atoms with Crippen LogP contribution in [-0.2, 0) is 12.8 Å². The van der Waals surface area contributed by atoms with E-state index in [1.807, 2.05) is 42.6 Å². The average Bonchev–Trinajstić information content (AvgIpc) is 3.04. The molecule has 4 rings (SSSR count). The highest BCUT2D eigenvalue weighted by molar-refractivity contribution is 6.31. The summed E-state index contributed by atoms with van der Waals surface area (Å²) in [5.41, 5.74) is 4.40. The summed E-state index contributed by atoms with van der Waals surface area (Å²) in [5, 5.41) is 5.42. The van der Waals surface area contributed by atoms with Gasteiger partial charge in [-0.05, 0) is 49.2 Å². The number of hydrogen-bond donors (Lipinski definition) is 1. The molecule has 0 fully saturated rings. The summed E-state index contributed by atoms with van der Waals surface area (Å²) >= 11 is 6.08. The topological polar surface area (TPSA) is 43.4 Å². The van der Waals surface area contributed by atoms with Crippen molar-refractivity contribution in [1.29, 1.82) is 0 Å². The molecule has 1 N–H and O–H groups in total. The van der Waals surface area contributed by atoms with Crippen molar-refractivity contribution in [3.8, 4) is 11.5 Å². The fourth-order valence-electron chi connectivity index (χ4n) is 3.61. The van der Waals surface area contributed by atoms with Gasteiger partial charge in [0.15, 0.2) is 0 Å². The summed E-state index contributed by atoms with van der Waals surface area (Å²) in [6, 6.07) is 12.0.